The number of hydrogen-bond acceptors (Lipinski definition) is 7. The highest BCUT2D eigenvalue weighted by Crippen LogP contribution is 2.25. The Balaban J connectivity index is 1.66. The molecule has 0 N–H and O–H groups in total. The fourth-order valence-electron chi connectivity index (χ4n) is 4.76. The molecule has 2 aliphatic heterocycles. The van der Waals surface area contributed by atoms with Gasteiger partial charge < -0.3 is 19.3 Å². The molecule has 2 aromatic rings. The lowest BCUT2D eigenvalue weighted by Gasteiger charge is -2.35. The number of nitrogens with zero attached hydrogens (tertiary/aromatic N) is 6. The maximum Gasteiger partial charge on any atom is 0.276 e. The molecule has 10 nitrogen and oxygen atoms in total. The monoisotopic (exact) mass is 470 g/mol. The van der Waals surface area contributed by atoms with Gasteiger partial charge >= 0.3 is 0 Å². The summed E-state index contributed by atoms with van der Waals surface area (Å²) in [4.78, 5) is 32.5. The molecule has 10 heteroatoms. The molecule has 4 rings (SSSR count). The highest BCUT2D eigenvalue weighted by molar-refractivity contribution is 5.95. The van der Waals surface area contributed by atoms with E-state index in [4.69, 9.17) is 9.47 Å². The summed E-state index contributed by atoms with van der Waals surface area (Å²) in [5, 5.41) is 7.99. The standard InChI is InChI=1S/C24H34N6O4/c1-27-17-21(25-26-27)24(32)29-13-12-28(20-8-14-34-15-9-20)10-5-11-30(23(31)18-33-2)22-7-4-3-6-19(22)16-29/h3-4,6-7,17,20H,5,8-16,18H2,1-2H3. The van der Waals surface area contributed by atoms with Gasteiger partial charge in [0.15, 0.2) is 5.69 Å². The Morgan fingerprint density at radius 1 is 1.12 bits per heavy atom. The van der Waals surface area contributed by atoms with Crippen LogP contribution in [0.5, 0.6) is 0 Å². The maximum atomic E-state index is 13.4. The molecule has 0 saturated carbocycles. The molecule has 0 atom stereocenters. The minimum atomic E-state index is -0.163. The second kappa shape index (κ2) is 11.5. The van der Waals surface area contributed by atoms with E-state index >= 15 is 0 Å². The Morgan fingerprint density at radius 3 is 2.65 bits per heavy atom. The number of anilines is 1. The summed E-state index contributed by atoms with van der Waals surface area (Å²) in [6, 6.07) is 8.20. The summed E-state index contributed by atoms with van der Waals surface area (Å²) in [7, 11) is 3.28. The van der Waals surface area contributed by atoms with Crippen LogP contribution >= 0.6 is 0 Å². The smallest absolute Gasteiger partial charge is 0.276 e. The molecule has 1 saturated heterocycles. The van der Waals surface area contributed by atoms with E-state index in [-0.39, 0.29) is 18.4 Å². The lowest BCUT2D eigenvalue weighted by atomic mass is 10.1. The lowest BCUT2D eigenvalue weighted by molar-refractivity contribution is -0.122. The van der Waals surface area contributed by atoms with E-state index in [1.165, 1.54) is 11.8 Å². The Kier molecular flexibility index (Phi) is 8.25. The summed E-state index contributed by atoms with van der Waals surface area (Å²) in [5.41, 5.74) is 2.06. The van der Waals surface area contributed by atoms with Crippen LogP contribution in [0.1, 0.15) is 35.3 Å². The number of para-hydroxylation sites is 1. The number of carbonyl (C=O) groups excluding carboxylic acids is 2. The Morgan fingerprint density at radius 2 is 1.91 bits per heavy atom. The molecule has 184 valence electrons. The molecule has 0 aliphatic carbocycles. The van der Waals surface area contributed by atoms with Crippen molar-refractivity contribution < 1.29 is 19.1 Å². The third-order valence-electron chi connectivity index (χ3n) is 6.51. The van der Waals surface area contributed by atoms with Crippen LogP contribution in [0.2, 0.25) is 0 Å². The van der Waals surface area contributed by atoms with Crippen LogP contribution in [0.3, 0.4) is 0 Å². The van der Waals surface area contributed by atoms with Gasteiger partial charge in [-0.25, -0.2) is 0 Å². The van der Waals surface area contributed by atoms with Crippen molar-refractivity contribution in [3.8, 4) is 0 Å². The van der Waals surface area contributed by atoms with Gasteiger partial charge in [0.05, 0.1) is 6.20 Å². The first-order valence-electron chi connectivity index (χ1n) is 11.9. The van der Waals surface area contributed by atoms with Crippen molar-refractivity contribution in [2.45, 2.75) is 31.8 Å². The molecule has 2 amide bonds. The molecule has 2 aliphatic rings. The Labute approximate surface area is 200 Å². The van der Waals surface area contributed by atoms with Gasteiger partial charge in [-0.1, -0.05) is 23.4 Å². The summed E-state index contributed by atoms with van der Waals surface area (Å²) in [6.45, 7) is 4.66. The van der Waals surface area contributed by atoms with Gasteiger partial charge in [-0.3, -0.25) is 19.2 Å². The van der Waals surface area contributed by atoms with Crippen LogP contribution in [-0.4, -0.2) is 95.8 Å². The summed E-state index contributed by atoms with van der Waals surface area (Å²) in [5.74, 6) is -0.248. The predicted octanol–water partition coefficient (Wildman–Crippen LogP) is 1.32. The molecule has 1 aromatic carbocycles. The van der Waals surface area contributed by atoms with Gasteiger partial charge in [-0.05, 0) is 30.9 Å². The van der Waals surface area contributed by atoms with E-state index in [1.54, 1.807) is 18.1 Å². The minimum Gasteiger partial charge on any atom is -0.381 e. The van der Waals surface area contributed by atoms with Crippen LogP contribution < -0.4 is 4.90 Å². The first-order valence-corrected chi connectivity index (χ1v) is 11.9. The summed E-state index contributed by atoms with van der Waals surface area (Å²) < 4.78 is 12.3. The first-order chi connectivity index (χ1) is 16.6. The topological polar surface area (TPSA) is 93.0 Å². The summed E-state index contributed by atoms with van der Waals surface area (Å²) >= 11 is 0. The zero-order valence-electron chi connectivity index (χ0n) is 20.1. The van der Waals surface area contributed by atoms with E-state index < -0.39 is 0 Å². The van der Waals surface area contributed by atoms with Gasteiger partial charge in [0, 0.05) is 71.8 Å². The van der Waals surface area contributed by atoms with E-state index in [0.717, 1.165) is 56.8 Å². The zero-order chi connectivity index (χ0) is 23.9. The maximum absolute atomic E-state index is 13.4. The van der Waals surface area contributed by atoms with Crippen molar-refractivity contribution in [2.75, 3.05) is 58.0 Å². The molecule has 0 bridgehead atoms. The van der Waals surface area contributed by atoms with E-state index in [9.17, 15) is 9.59 Å². The average molecular weight is 471 g/mol. The van der Waals surface area contributed by atoms with Crippen LogP contribution in [0.25, 0.3) is 0 Å². The number of ether oxygens (including phenoxy) is 2. The Hall–Kier alpha value is -2.82. The SMILES string of the molecule is COCC(=O)N1CCCN(C2CCOCC2)CCN(C(=O)c2cn(C)nn2)Cc2ccccc21. The molecule has 1 fully saturated rings. The van der Waals surface area contributed by atoms with Crippen molar-refractivity contribution in [3.05, 3.63) is 41.7 Å². The van der Waals surface area contributed by atoms with Crippen molar-refractivity contribution >= 4 is 17.5 Å². The van der Waals surface area contributed by atoms with E-state index in [2.05, 4.69) is 15.2 Å². The number of aromatic nitrogens is 3. The molecular formula is C24H34N6O4. The number of hydrogen-bond donors (Lipinski definition) is 0. The van der Waals surface area contributed by atoms with Gasteiger partial charge in [0.2, 0.25) is 0 Å². The highest BCUT2D eigenvalue weighted by Gasteiger charge is 2.28. The van der Waals surface area contributed by atoms with Gasteiger partial charge in [0.25, 0.3) is 11.8 Å². The van der Waals surface area contributed by atoms with Gasteiger partial charge in [-0.2, -0.15) is 0 Å². The molecule has 0 unspecified atom stereocenters. The quantitative estimate of drug-likeness (QED) is 0.665. The predicted molar refractivity (Wildman–Crippen MR) is 126 cm³/mol. The number of carbonyl (C=O) groups is 2. The fraction of sp³-hybridized carbons (Fsp3) is 0.583. The molecule has 34 heavy (non-hydrogen) atoms. The highest BCUT2D eigenvalue weighted by atomic mass is 16.5. The van der Waals surface area contributed by atoms with Crippen LogP contribution in [0.15, 0.2) is 30.5 Å². The normalized spacial score (nSPS) is 18.9. The third kappa shape index (κ3) is 5.81. The third-order valence-corrected chi connectivity index (χ3v) is 6.51. The largest absolute Gasteiger partial charge is 0.381 e. The van der Waals surface area contributed by atoms with Crippen LogP contribution in [0, 0.1) is 0 Å². The van der Waals surface area contributed by atoms with E-state index in [1.807, 2.05) is 29.2 Å². The molecule has 0 spiro atoms. The molecular weight excluding hydrogens is 436 g/mol. The number of benzene rings is 1. The minimum absolute atomic E-state index is 0.0141. The fourth-order valence-corrected chi connectivity index (χ4v) is 4.76. The van der Waals surface area contributed by atoms with Crippen LogP contribution in [0.4, 0.5) is 5.69 Å². The Bertz CT molecular complexity index is 974. The number of fused-ring (bicyclic) bond motifs is 1. The average Bonchev–Trinajstić information content (AvgIpc) is 3.28. The lowest BCUT2D eigenvalue weighted by Crippen LogP contribution is -2.45. The number of methoxy groups -OCH3 is 1. The van der Waals surface area contributed by atoms with Gasteiger partial charge in [-0.15, -0.1) is 5.10 Å². The number of rotatable bonds is 4. The van der Waals surface area contributed by atoms with E-state index in [0.29, 0.717) is 31.4 Å². The molecule has 1 aromatic heterocycles. The number of amides is 2. The van der Waals surface area contributed by atoms with Crippen molar-refractivity contribution in [3.63, 3.8) is 0 Å². The number of aryl methyl sites for hydroxylation is 1. The van der Waals surface area contributed by atoms with Crippen molar-refractivity contribution in [1.29, 1.82) is 0 Å². The first kappa shape index (κ1) is 24.3. The second-order valence-corrected chi connectivity index (χ2v) is 8.84. The molecule has 0 radical (unpaired) electrons. The second-order valence-electron chi connectivity index (χ2n) is 8.84. The van der Waals surface area contributed by atoms with Crippen molar-refractivity contribution in [1.82, 2.24) is 24.8 Å². The summed E-state index contributed by atoms with van der Waals surface area (Å²) in [6.07, 6.45) is 4.43. The zero-order valence-corrected chi connectivity index (χ0v) is 20.1. The van der Waals surface area contributed by atoms with Gasteiger partial charge in [0.1, 0.15) is 6.61 Å². The molecule has 3 heterocycles. The van der Waals surface area contributed by atoms with Crippen molar-refractivity contribution in [2.24, 2.45) is 7.05 Å². The van der Waals surface area contributed by atoms with Crippen LogP contribution in [-0.2, 0) is 27.9 Å².